The summed E-state index contributed by atoms with van der Waals surface area (Å²) < 4.78 is 7.98. The van der Waals surface area contributed by atoms with Gasteiger partial charge in [-0.2, -0.15) is 0 Å². The number of benzene rings is 5. The van der Waals surface area contributed by atoms with Crippen LogP contribution in [0, 0.1) is 6.92 Å². The Kier molecular flexibility index (Phi) is 8.46. The molecule has 0 aliphatic carbocycles. The highest BCUT2D eigenvalue weighted by molar-refractivity contribution is 5.86. The Bertz CT molecular complexity index is 2320. The Labute approximate surface area is 297 Å². The van der Waals surface area contributed by atoms with Gasteiger partial charge >= 0.3 is 0 Å². The van der Waals surface area contributed by atoms with E-state index in [0.29, 0.717) is 11.7 Å². The Hall–Kier alpha value is -6.34. The van der Waals surface area contributed by atoms with Crippen LogP contribution in [0.5, 0.6) is 5.88 Å². The molecule has 0 atom stereocenters. The van der Waals surface area contributed by atoms with E-state index in [1.54, 1.807) is 11.9 Å². The normalized spacial score (nSPS) is 11.6. The maximum absolute atomic E-state index is 5.65. The van der Waals surface area contributed by atoms with Crippen molar-refractivity contribution in [1.82, 2.24) is 29.8 Å². The minimum Gasteiger partial charge on any atom is -0.480 e. The van der Waals surface area contributed by atoms with E-state index in [1.807, 2.05) is 24.3 Å². The highest BCUT2D eigenvalue weighted by Crippen LogP contribution is 2.40. The molecule has 0 radical (unpaired) electrons. The summed E-state index contributed by atoms with van der Waals surface area (Å²) in [4.78, 5) is 6.47. The number of tetrazole rings is 1. The molecule has 250 valence electrons. The van der Waals surface area contributed by atoms with E-state index in [0.717, 1.165) is 62.9 Å². The van der Waals surface area contributed by atoms with Crippen molar-refractivity contribution in [3.63, 3.8) is 0 Å². The molecular formula is C44H38N6O. The second-order valence-electron chi connectivity index (χ2n) is 12.7. The van der Waals surface area contributed by atoms with E-state index in [1.165, 1.54) is 11.3 Å². The standard InChI is InChI=1S/C44H38N6O/c1-4-37-29-41-40(43(45-37)51-3)28-31(2)49(41)30-32-24-26-33(27-25-32)38-22-14-15-23-39(38)42-46-48-50(47-42)44(34-16-8-5-9-17-34,35-18-10-6-11-19-35)36-20-12-7-13-21-36/h5-29H,4,30H2,1-3H3. The summed E-state index contributed by atoms with van der Waals surface area (Å²) in [6.45, 7) is 4.99. The predicted octanol–water partition coefficient (Wildman–Crippen LogP) is 9.12. The molecule has 51 heavy (non-hydrogen) atoms. The van der Waals surface area contributed by atoms with E-state index in [-0.39, 0.29) is 0 Å². The molecular weight excluding hydrogens is 629 g/mol. The third kappa shape index (κ3) is 5.66. The van der Waals surface area contributed by atoms with Crippen molar-refractivity contribution in [3.8, 4) is 28.4 Å². The zero-order chi connectivity index (χ0) is 34.8. The zero-order valence-corrected chi connectivity index (χ0v) is 28.9. The molecule has 0 aliphatic heterocycles. The maximum atomic E-state index is 5.65. The first kappa shape index (κ1) is 31.9. The summed E-state index contributed by atoms with van der Waals surface area (Å²) >= 11 is 0. The average Bonchev–Trinajstić information content (AvgIpc) is 3.81. The summed E-state index contributed by atoms with van der Waals surface area (Å²) in [5.74, 6) is 1.24. The molecule has 0 saturated heterocycles. The molecule has 0 amide bonds. The third-order valence-corrected chi connectivity index (χ3v) is 9.74. The third-order valence-electron chi connectivity index (χ3n) is 9.74. The Morgan fingerprint density at radius 3 is 1.80 bits per heavy atom. The van der Waals surface area contributed by atoms with Gasteiger partial charge in [0.1, 0.15) is 0 Å². The topological polar surface area (TPSA) is 70.7 Å². The van der Waals surface area contributed by atoms with Crippen molar-refractivity contribution in [2.24, 2.45) is 0 Å². The minimum absolute atomic E-state index is 0.561. The lowest BCUT2D eigenvalue weighted by Gasteiger charge is -2.34. The molecule has 3 heterocycles. The van der Waals surface area contributed by atoms with Crippen LogP contribution in [0.3, 0.4) is 0 Å². The Morgan fingerprint density at radius 2 is 1.24 bits per heavy atom. The van der Waals surface area contributed by atoms with Gasteiger partial charge in [0.05, 0.1) is 18.0 Å². The van der Waals surface area contributed by atoms with E-state index in [2.05, 4.69) is 151 Å². The molecule has 7 heteroatoms. The fourth-order valence-electron chi connectivity index (χ4n) is 7.20. The molecule has 0 spiro atoms. The van der Waals surface area contributed by atoms with Crippen LogP contribution >= 0.6 is 0 Å². The lowest BCUT2D eigenvalue weighted by atomic mass is 9.77. The fourth-order valence-corrected chi connectivity index (χ4v) is 7.20. The molecule has 0 saturated carbocycles. The Balaban J connectivity index is 1.18. The van der Waals surface area contributed by atoms with Crippen LogP contribution in [0.4, 0.5) is 0 Å². The second kappa shape index (κ2) is 13.5. The maximum Gasteiger partial charge on any atom is 0.222 e. The number of rotatable bonds is 10. The number of hydrogen-bond acceptors (Lipinski definition) is 5. The lowest BCUT2D eigenvalue weighted by molar-refractivity contribution is 0.396. The van der Waals surface area contributed by atoms with Crippen molar-refractivity contribution in [2.45, 2.75) is 32.4 Å². The van der Waals surface area contributed by atoms with Crippen LogP contribution in [0.25, 0.3) is 33.4 Å². The van der Waals surface area contributed by atoms with Crippen molar-refractivity contribution in [1.29, 1.82) is 0 Å². The molecule has 8 rings (SSSR count). The number of aryl methyl sites for hydroxylation is 2. The quantitative estimate of drug-likeness (QED) is 0.136. The first-order valence-electron chi connectivity index (χ1n) is 17.3. The number of ether oxygens (including phenoxy) is 1. The van der Waals surface area contributed by atoms with E-state index < -0.39 is 5.54 Å². The number of aromatic nitrogens is 6. The van der Waals surface area contributed by atoms with Crippen LogP contribution in [0.1, 0.15) is 40.6 Å². The van der Waals surface area contributed by atoms with Crippen LogP contribution in [0.15, 0.2) is 152 Å². The first-order valence-corrected chi connectivity index (χ1v) is 17.3. The number of hydrogen-bond donors (Lipinski definition) is 0. The van der Waals surface area contributed by atoms with Crippen LogP contribution < -0.4 is 4.74 Å². The number of nitrogens with zero attached hydrogens (tertiary/aromatic N) is 6. The molecule has 0 unspecified atom stereocenters. The van der Waals surface area contributed by atoms with E-state index in [4.69, 9.17) is 20.1 Å². The zero-order valence-electron chi connectivity index (χ0n) is 28.9. The van der Waals surface area contributed by atoms with Crippen molar-refractivity contribution in [2.75, 3.05) is 7.11 Å². The number of pyridine rings is 1. The Morgan fingerprint density at radius 1 is 0.667 bits per heavy atom. The van der Waals surface area contributed by atoms with E-state index in [9.17, 15) is 0 Å². The highest BCUT2D eigenvalue weighted by Gasteiger charge is 2.41. The highest BCUT2D eigenvalue weighted by atomic mass is 16.5. The summed E-state index contributed by atoms with van der Waals surface area (Å²) in [5, 5.41) is 15.7. The van der Waals surface area contributed by atoms with Gasteiger partial charge in [0.15, 0.2) is 5.54 Å². The van der Waals surface area contributed by atoms with E-state index >= 15 is 0 Å². The number of fused-ring (bicyclic) bond motifs is 1. The SMILES string of the molecule is CCc1cc2c(cc(C)n2Cc2ccc(-c3ccccc3-c3nnn(C(c4ccccc4)(c4ccccc4)c4ccccc4)n3)cc2)c(OC)n1. The van der Waals surface area contributed by atoms with Gasteiger partial charge in [0.25, 0.3) is 0 Å². The molecule has 0 fully saturated rings. The van der Waals surface area contributed by atoms with Gasteiger partial charge in [-0.15, -0.1) is 15.0 Å². The fraction of sp³-hybridized carbons (Fsp3) is 0.136. The summed E-state index contributed by atoms with van der Waals surface area (Å²) in [5.41, 5.74) is 9.85. The van der Waals surface area contributed by atoms with Crippen molar-refractivity contribution in [3.05, 3.63) is 185 Å². The van der Waals surface area contributed by atoms with Gasteiger partial charge < -0.3 is 9.30 Å². The minimum atomic E-state index is -0.843. The van der Waals surface area contributed by atoms with Gasteiger partial charge in [0, 0.05) is 23.5 Å². The average molecular weight is 667 g/mol. The van der Waals surface area contributed by atoms with Crippen molar-refractivity contribution >= 4 is 10.9 Å². The predicted molar refractivity (Wildman–Crippen MR) is 203 cm³/mol. The van der Waals surface area contributed by atoms with Gasteiger partial charge in [0.2, 0.25) is 11.7 Å². The summed E-state index contributed by atoms with van der Waals surface area (Å²) in [6.07, 6.45) is 0.846. The van der Waals surface area contributed by atoms with Crippen molar-refractivity contribution < 1.29 is 4.74 Å². The monoisotopic (exact) mass is 666 g/mol. The first-order chi connectivity index (χ1) is 25.1. The molecule has 5 aromatic carbocycles. The van der Waals surface area contributed by atoms with Crippen LogP contribution in [0.2, 0.25) is 0 Å². The molecule has 0 bridgehead atoms. The van der Waals surface area contributed by atoms with Crippen LogP contribution in [-0.2, 0) is 18.5 Å². The summed E-state index contributed by atoms with van der Waals surface area (Å²) in [7, 11) is 1.69. The largest absolute Gasteiger partial charge is 0.480 e. The van der Waals surface area contributed by atoms with Gasteiger partial charge in [-0.25, -0.2) is 4.98 Å². The van der Waals surface area contributed by atoms with Gasteiger partial charge in [-0.3, -0.25) is 0 Å². The summed E-state index contributed by atoms with van der Waals surface area (Å²) in [6, 6.07) is 52.6. The molecule has 8 aromatic rings. The molecule has 7 nitrogen and oxygen atoms in total. The van der Waals surface area contributed by atoms with Gasteiger partial charge in [-0.1, -0.05) is 146 Å². The lowest BCUT2D eigenvalue weighted by Crippen LogP contribution is -2.39. The second-order valence-corrected chi connectivity index (χ2v) is 12.7. The number of methoxy groups -OCH3 is 1. The van der Waals surface area contributed by atoms with Crippen LogP contribution in [-0.4, -0.2) is 36.9 Å². The molecule has 0 aliphatic rings. The molecule has 0 N–H and O–H groups in total. The van der Waals surface area contributed by atoms with Gasteiger partial charge in [-0.05, 0) is 64.1 Å². The smallest absolute Gasteiger partial charge is 0.222 e. The molecule has 3 aromatic heterocycles.